The van der Waals surface area contributed by atoms with Gasteiger partial charge in [0.2, 0.25) is 5.88 Å². The van der Waals surface area contributed by atoms with Crippen LogP contribution in [0, 0.1) is 0 Å². The molecule has 1 saturated heterocycles. The first-order chi connectivity index (χ1) is 6.88. The summed E-state index contributed by atoms with van der Waals surface area (Å²) >= 11 is 0. The summed E-state index contributed by atoms with van der Waals surface area (Å²) in [4.78, 5) is 0. The summed E-state index contributed by atoms with van der Waals surface area (Å²) in [5, 5.41) is 7.61. The smallest absolute Gasteiger partial charge is 0.233 e. The Morgan fingerprint density at radius 1 is 1.71 bits per heavy atom. The first-order valence-corrected chi connectivity index (χ1v) is 5.29. The quantitative estimate of drug-likeness (QED) is 0.783. The molecule has 1 aromatic rings. The fraction of sp³-hybridized carbons (Fsp3) is 0.700. The molecule has 14 heavy (non-hydrogen) atoms. The summed E-state index contributed by atoms with van der Waals surface area (Å²) < 4.78 is 7.62. The van der Waals surface area contributed by atoms with Crippen LogP contribution in [0.2, 0.25) is 0 Å². The first-order valence-electron chi connectivity index (χ1n) is 5.29. The topological polar surface area (TPSA) is 39.1 Å². The summed E-state index contributed by atoms with van der Waals surface area (Å²) in [5.74, 6) is 0.751. The van der Waals surface area contributed by atoms with Crippen molar-refractivity contribution in [3.05, 3.63) is 12.3 Å². The van der Waals surface area contributed by atoms with E-state index in [1.54, 1.807) is 0 Å². The monoisotopic (exact) mass is 195 g/mol. The van der Waals surface area contributed by atoms with Crippen LogP contribution in [-0.4, -0.2) is 29.0 Å². The molecule has 0 amide bonds. The molecule has 0 aliphatic carbocycles. The molecule has 1 N–H and O–H groups in total. The maximum Gasteiger partial charge on any atom is 0.233 e. The van der Waals surface area contributed by atoms with Crippen molar-refractivity contribution >= 4 is 0 Å². The van der Waals surface area contributed by atoms with Gasteiger partial charge in [0.15, 0.2) is 0 Å². The van der Waals surface area contributed by atoms with E-state index in [1.807, 2.05) is 16.9 Å². The highest BCUT2D eigenvalue weighted by Crippen LogP contribution is 2.12. The molecule has 1 aliphatic rings. The van der Waals surface area contributed by atoms with Crippen LogP contribution < -0.4 is 10.1 Å². The van der Waals surface area contributed by atoms with E-state index >= 15 is 0 Å². The molecule has 0 radical (unpaired) electrons. The molecule has 1 atom stereocenters. The van der Waals surface area contributed by atoms with Crippen molar-refractivity contribution in [2.75, 3.05) is 13.1 Å². The van der Waals surface area contributed by atoms with Gasteiger partial charge in [0.05, 0.1) is 0 Å². The fourth-order valence-corrected chi connectivity index (χ4v) is 1.67. The molecule has 78 valence electrons. The van der Waals surface area contributed by atoms with E-state index in [4.69, 9.17) is 4.74 Å². The van der Waals surface area contributed by atoms with Crippen molar-refractivity contribution in [1.29, 1.82) is 0 Å². The number of nitrogens with zero attached hydrogens (tertiary/aromatic N) is 2. The maximum absolute atomic E-state index is 5.74. The number of aryl methyl sites for hydroxylation is 1. The molecule has 1 aromatic heterocycles. The number of hydrogen-bond donors (Lipinski definition) is 1. The van der Waals surface area contributed by atoms with Crippen LogP contribution in [-0.2, 0) is 6.54 Å². The average molecular weight is 195 g/mol. The standard InChI is InChI=1S/C10H17N3O/c1-2-13-7-5-10(12-13)14-9-4-3-6-11-8-9/h5,7,9,11H,2-4,6,8H2,1H3. The van der Waals surface area contributed by atoms with E-state index < -0.39 is 0 Å². The van der Waals surface area contributed by atoms with Gasteiger partial charge >= 0.3 is 0 Å². The summed E-state index contributed by atoms with van der Waals surface area (Å²) in [6, 6.07) is 1.93. The number of nitrogens with one attached hydrogen (secondary N) is 1. The zero-order valence-corrected chi connectivity index (χ0v) is 8.57. The second-order valence-corrected chi connectivity index (χ2v) is 3.60. The van der Waals surface area contributed by atoms with Gasteiger partial charge in [0.1, 0.15) is 6.10 Å². The molecule has 0 spiro atoms. The van der Waals surface area contributed by atoms with E-state index in [0.717, 1.165) is 31.9 Å². The van der Waals surface area contributed by atoms with Crippen LogP contribution in [0.4, 0.5) is 0 Å². The molecule has 4 nitrogen and oxygen atoms in total. The molecular weight excluding hydrogens is 178 g/mol. The number of aromatic nitrogens is 2. The van der Waals surface area contributed by atoms with Crippen LogP contribution in [0.15, 0.2) is 12.3 Å². The van der Waals surface area contributed by atoms with Crippen molar-refractivity contribution in [1.82, 2.24) is 15.1 Å². The zero-order valence-electron chi connectivity index (χ0n) is 8.57. The first kappa shape index (κ1) is 9.52. The third-order valence-corrected chi connectivity index (χ3v) is 2.48. The van der Waals surface area contributed by atoms with Gasteiger partial charge in [-0.05, 0) is 26.3 Å². The van der Waals surface area contributed by atoms with Gasteiger partial charge in [0, 0.05) is 25.4 Å². The largest absolute Gasteiger partial charge is 0.472 e. The molecule has 4 heteroatoms. The number of piperidine rings is 1. The number of rotatable bonds is 3. The Morgan fingerprint density at radius 3 is 3.29 bits per heavy atom. The van der Waals surface area contributed by atoms with Gasteiger partial charge in [-0.1, -0.05) is 0 Å². The molecule has 1 unspecified atom stereocenters. The molecule has 2 rings (SSSR count). The Hall–Kier alpha value is -1.03. The molecular formula is C10H17N3O. The second-order valence-electron chi connectivity index (χ2n) is 3.60. The lowest BCUT2D eigenvalue weighted by atomic mass is 10.1. The predicted octanol–water partition coefficient (Wildman–Crippen LogP) is 1.03. The highest BCUT2D eigenvalue weighted by molar-refractivity contribution is 5.06. The fourth-order valence-electron chi connectivity index (χ4n) is 1.67. The third kappa shape index (κ3) is 2.26. The van der Waals surface area contributed by atoms with Crippen LogP contribution in [0.1, 0.15) is 19.8 Å². The summed E-state index contributed by atoms with van der Waals surface area (Å²) in [6.45, 7) is 5.02. The lowest BCUT2D eigenvalue weighted by Gasteiger charge is -2.22. The van der Waals surface area contributed by atoms with Crippen molar-refractivity contribution in [3.8, 4) is 5.88 Å². The van der Waals surface area contributed by atoms with Crippen molar-refractivity contribution in [2.45, 2.75) is 32.4 Å². The Kier molecular flexibility index (Phi) is 3.03. The molecule has 1 fully saturated rings. The highest BCUT2D eigenvalue weighted by atomic mass is 16.5. The Bertz CT molecular complexity index is 279. The molecule has 0 bridgehead atoms. The SMILES string of the molecule is CCn1ccc(OC2CCCNC2)n1. The van der Waals surface area contributed by atoms with E-state index in [1.165, 1.54) is 6.42 Å². The summed E-state index contributed by atoms with van der Waals surface area (Å²) in [6.07, 6.45) is 4.57. The van der Waals surface area contributed by atoms with Crippen molar-refractivity contribution in [2.24, 2.45) is 0 Å². The van der Waals surface area contributed by atoms with Gasteiger partial charge in [0.25, 0.3) is 0 Å². The van der Waals surface area contributed by atoms with Crippen LogP contribution >= 0.6 is 0 Å². The van der Waals surface area contributed by atoms with Crippen LogP contribution in [0.3, 0.4) is 0 Å². The lowest BCUT2D eigenvalue weighted by Crippen LogP contribution is -2.37. The maximum atomic E-state index is 5.74. The van der Waals surface area contributed by atoms with Gasteiger partial charge in [-0.15, -0.1) is 5.10 Å². The van der Waals surface area contributed by atoms with E-state index in [9.17, 15) is 0 Å². The lowest BCUT2D eigenvalue weighted by molar-refractivity contribution is 0.159. The van der Waals surface area contributed by atoms with E-state index in [-0.39, 0.29) is 0 Å². The molecule has 0 saturated carbocycles. The minimum Gasteiger partial charge on any atom is -0.472 e. The molecule has 2 heterocycles. The van der Waals surface area contributed by atoms with Gasteiger partial charge < -0.3 is 10.1 Å². The Balaban J connectivity index is 1.89. The summed E-state index contributed by atoms with van der Waals surface area (Å²) in [5.41, 5.74) is 0. The zero-order chi connectivity index (χ0) is 9.80. The normalized spacial score (nSPS) is 22.2. The van der Waals surface area contributed by atoms with E-state index in [0.29, 0.717) is 6.10 Å². The van der Waals surface area contributed by atoms with Gasteiger partial charge in [-0.25, -0.2) is 0 Å². The average Bonchev–Trinajstić information content (AvgIpc) is 2.67. The predicted molar refractivity (Wildman–Crippen MR) is 54.4 cm³/mol. The van der Waals surface area contributed by atoms with E-state index in [2.05, 4.69) is 17.3 Å². The van der Waals surface area contributed by atoms with Crippen molar-refractivity contribution < 1.29 is 4.74 Å². The van der Waals surface area contributed by atoms with Gasteiger partial charge in [-0.2, -0.15) is 0 Å². The van der Waals surface area contributed by atoms with Crippen LogP contribution in [0.5, 0.6) is 5.88 Å². The summed E-state index contributed by atoms with van der Waals surface area (Å²) in [7, 11) is 0. The highest BCUT2D eigenvalue weighted by Gasteiger charge is 2.15. The third-order valence-electron chi connectivity index (χ3n) is 2.48. The molecule has 1 aliphatic heterocycles. The molecule has 0 aromatic carbocycles. The minimum absolute atomic E-state index is 0.295. The minimum atomic E-state index is 0.295. The second kappa shape index (κ2) is 4.46. The Labute approximate surface area is 84.3 Å². The Morgan fingerprint density at radius 2 is 2.64 bits per heavy atom. The number of ether oxygens (including phenoxy) is 1. The van der Waals surface area contributed by atoms with Crippen LogP contribution in [0.25, 0.3) is 0 Å². The number of hydrogen-bond acceptors (Lipinski definition) is 3. The van der Waals surface area contributed by atoms with Gasteiger partial charge in [-0.3, -0.25) is 4.68 Å². The van der Waals surface area contributed by atoms with Crippen molar-refractivity contribution in [3.63, 3.8) is 0 Å².